The van der Waals surface area contributed by atoms with Crippen LogP contribution >= 0.6 is 0 Å². The Kier molecular flexibility index (Phi) is 4.18. The van der Waals surface area contributed by atoms with E-state index in [4.69, 9.17) is 4.74 Å². The van der Waals surface area contributed by atoms with Crippen LogP contribution < -0.4 is 5.32 Å². The lowest BCUT2D eigenvalue weighted by molar-refractivity contribution is -0.135. The molecule has 4 nitrogen and oxygen atoms in total. The van der Waals surface area contributed by atoms with Gasteiger partial charge in [-0.25, -0.2) is 0 Å². The van der Waals surface area contributed by atoms with Crippen LogP contribution in [-0.4, -0.2) is 49.7 Å². The minimum absolute atomic E-state index is 0.000787. The highest BCUT2D eigenvalue weighted by atomic mass is 16.5. The second-order valence-electron chi connectivity index (χ2n) is 4.91. The van der Waals surface area contributed by atoms with Gasteiger partial charge in [0.05, 0.1) is 19.1 Å². The van der Waals surface area contributed by atoms with Gasteiger partial charge in [-0.2, -0.15) is 0 Å². The summed E-state index contributed by atoms with van der Waals surface area (Å²) in [4.78, 5) is 14.4. The number of carbonyl (C=O) groups is 1. The summed E-state index contributed by atoms with van der Waals surface area (Å²) in [5.74, 6) is 0.252. The molecule has 0 bridgehead atoms. The molecule has 0 aromatic carbocycles. The van der Waals surface area contributed by atoms with E-state index in [1.807, 2.05) is 4.90 Å². The van der Waals surface area contributed by atoms with E-state index in [9.17, 15) is 4.79 Å². The number of nitrogens with zero attached hydrogens (tertiary/aromatic N) is 1. The van der Waals surface area contributed by atoms with Gasteiger partial charge >= 0.3 is 0 Å². The molecule has 2 aliphatic heterocycles. The van der Waals surface area contributed by atoms with Crippen LogP contribution in [0.1, 0.15) is 20.3 Å². The second-order valence-corrected chi connectivity index (χ2v) is 4.91. The van der Waals surface area contributed by atoms with Gasteiger partial charge < -0.3 is 15.0 Å². The summed E-state index contributed by atoms with van der Waals surface area (Å²) in [7, 11) is 0. The van der Waals surface area contributed by atoms with Crippen molar-refractivity contribution in [1.29, 1.82) is 0 Å². The molecule has 0 saturated carbocycles. The number of rotatable bonds is 3. The molecule has 2 heterocycles. The van der Waals surface area contributed by atoms with Gasteiger partial charge in [0.15, 0.2) is 0 Å². The fraction of sp³-hybridized carbons (Fsp3) is 0.769. The minimum Gasteiger partial charge on any atom is -0.379 e. The van der Waals surface area contributed by atoms with Crippen molar-refractivity contribution in [3.63, 3.8) is 0 Å². The SMILES string of the molecule is CCNC1COCC1C(=O)N1CCC=C(C)C1. The third kappa shape index (κ3) is 2.87. The van der Waals surface area contributed by atoms with Crippen molar-refractivity contribution < 1.29 is 9.53 Å². The van der Waals surface area contributed by atoms with Crippen LogP contribution in [0.5, 0.6) is 0 Å². The summed E-state index contributed by atoms with van der Waals surface area (Å²) < 4.78 is 5.44. The first kappa shape index (κ1) is 12.6. The highest BCUT2D eigenvalue weighted by molar-refractivity contribution is 5.80. The monoisotopic (exact) mass is 238 g/mol. The Bertz CT molecular complexity index is 315. The maximum atomic E-state index is 12.4. The summed E-state index contributed by atoms with van der Waals surface area (Å²) >= 11 is 0. The first-order valence-electron chi connectivity index (χ1n) is 6.48. The maximum absolute atomic E-state index is 12.4. The first-order chi connectivity index (χ1) is 8.22. The zero-order valence-corrected chi connectivity index (χ0v) is 10.7. The van der Waals surface area contributed by atoms with Crippen LogP contribution in [0.3, 0.4) is 0 Å². The molecular weight excluding hydrogens is 216 g/mol. The molecule has 2 unspecified atom stereocenters. The van der Waals surface area contributed by atoms with Crippen LogP contribution in [0, 0.1) is 5.92 Å². The van der Waals surface area contributed by atoms with Crippen LogP contribution in [0.4, 0.5) is 0 Å². The zero-order valence-electron chi connectivity index (χ0n) is 10.7. The van der Waals surface area contributed by atoms with Crippen LogP contribution in [-0.2, 0) is 9.53 Å². The molecular formula is C13H22N2O2. The predicted octanol–water partition coefficient (Wildman–Crippen LogP) is 0.789. The highest BCUT2D eigenvalue weighted by Crippen LogP contribution is 2.19. The lowest BCUT2D eigenvalue weighted by Crippen LogP contribution is -2.47. The van der Waals surface area contributed by atoms with Gasteiger partial charge in [0.25, 0.3) is 0 Å². The van der Waals surface area contributed by atoms with Crippen molar-refractivity contribution in [2.45, 2.75) is 26.3 Å². The Morgan fingerprint density at radius 1 is 1.59 bits per heavy atom. The van der Waals surface area contributed by atoms with Gasteiger partial charge in [-0.05, 0) is 19.9 Å². The van der Waals surface area contributed by atoms with Crippen LogP contribution in [0.25, 0.3) is 0 Å². The number of carbonyl (C=O) groups excluding carboxylic acids is 1. The van der Waals surface area contributed by atoms with E-state index >= 15 is 0 Å². The second kappa shape index (κ2) is 5.65. The molecule has 0 radical (unpaired) electrons. The molecule has 2 aliphatic rings. The minimum atomic E-state index is 0.000787. The largest absolute Gasteiger partial charge is 0.379 e. The van der Waals surface area contributed by atoms with E-state index in [-0.39, 0.29) is 17.9 Å². The third-order valence-electron chi connectivity index (χ3n) is 3.51. The lowest BCUT2D eigenvalue weighted by Gasteiger charge is -2.30. The molecule has 1 amide bonds. The molecule has 0 aliphatic carbocycles. The lowest BCUT2D eigenvalue weighted by atomic mass is 10.0. The first-order valence-corrected chi connectivity index (χ1v) is 6.48. The van der Waals surface area contributed by atoms with Crippen molar-refractivity contribution in [3.8, 4) is 0 Å². The van der Waals surface area contributed by atoms with E-state index in [2.05, 4.69) is 25.2 Å². The molecule has 96 valence electrons. The number of ether oxygens (including phenoxy) is 1. The Balaban J connectivity index is 1.97. The van der Waals surface area contributed by atoms with E-state index in [0.29, 0.717) is 13.2 Å². The van der Waals surface area contributed by atoms with Gasteiger partial charge in [-0.15, -0.1) is 0 Å². The quantitative estimate of drug-likeness (QED) is 0.739. The van der Waals surface area contributed by atoms with Crippen molar-refractivity contribution in [2.24, 2.45) is 5.92 Å². The van der Waals surface area contributed by atoms with E-state index in [0.717, 1.165) is 26.1 Å². The Labute approximate surface area is 103 Å². The molecule has 17 heavy (non-hydrogen) atoms. The molecule has 2 atom stereocenters. The van der Waals surface area contributed by atoms with E-state index < -0.39 is 0 Å². The maximum Gasteiger partial charge on any atom is 0.229 e. The summed E-state index contributed by atoms with van der Waals surface area (Å²) in [5.41, 5.74) is 1.29. The number of nitrogens with one attached hydrogen (secondary N) is 1. The van der Waals surface area contributed by atoms with Crippen molar-refractivity contribution >= 4 is 5.91 Å². The molecule has 1 saturated heterocycles. The van der Waals surface area contributed by atoms with Crippen molar-refractivity contribution in [2.75, 3.05) is 32.8 Å². The van der Waals surface area contributed by atoms with Gasteiger partial charge in [0.1, 0.15) is 0 Å². The van der Waals surface area contributed by atoms with Gasteiger partial charge in [-0.3, -0.25) is 4.79 Å². The Morgan fingerprint density at radius 2 is 2.41 bits per heavy atom. The van der Waals surface area contributed by atoms with Crippen molar-refractivity contribution in [1.82, 2.24) is 10.2 Å². The summed E-state index contributed by atoms with van der Waals surface area (Å²) in [5, 5.41) is 3.34. The molecule has 0 spiro atoms. The standard InChI is InChI=1S/C13H22N2O2/c1-3-14-12-9-17-8-11(12)13(16)15-6-4-5-10(2)7-15/h5,11-12,14H,3-4,6-9H2,1-2H3. The van der Waals surface area contributed by atoms with Gasteiger partial charge in [-0.1, -0.05) is 18.6 Å². The molecule has 0 aromatic rings. The molecule has 4 heteroatoms. The highest BCUT2D eigenvalue weighted by Gasteiger charge is 2.36. The van der Waals surface area contributed by atoms with Crippen LogP contribution in [0.15, 0.2) is 11.6 Å². The number of hydrogen-bond donors (Lipinski definition) is 1. The Morgan fingerprint density at radius 3 is 3.12 bits per heavy atom. The molecule has 1 fully saturated rings. The molecule has 2 rings (SSSR count). The Hall–Kier alpha value is -0.870. The zero-order chi connectivity index (χ0) is 12.3. The van der Waals surface area contributed by atoms with Crippen LogP contribution in [0.2, 0.25) is 0 Å². The third-order valence-corrected chi connectivity index (χ3v) is 3.51. The van der Waals surface area contributed by atoms with E-state index in [1.165, 1.54) is 5.57 Å². The normalized spacial score (nSPS) is 29.3. The molecule has 1 N–H and O–H groups in total. The average Bonchev–Trinajstić information content (AvgIpc) is 2.77. The number of likely N-dealkylation sites (N-methyl/N-ethyl adjacent to an activating group) is 1. The summed E-state index contributed by atoms with van der Waals surface area (Å²) in [6.45, 7) is 7.90. The van der Waals surface area contributed by atoms with Gasteiger partial charge in [0.2, 0.25) is 5.91 Å². The topological polar surface area (TPSA) is 41.6 Å². The van der Waals surface area contributed by atoms with E-state index in [1.54, 1.807) is 0 Å². The fourth-order valence-electron chi connectivity index (χ4n) is 2.60. The summed E-state index contributed by atoms with van der Waals surface area (Å²) in [6, 6.07) is 0.193. The molecule has 0 aromatic heterocycles. The summed E-state index contributed by atoms with van der Waals surface area (Å²) in [6.07, 6.45) is 3.20. The number of hydrogen-bond acceptors (Lipinski definition) is 3. The van der Waals surface area contributed by atoms with Gasteiger partial charge in [0, 0.05) is 19.1 Å². The smallest absolute Gasteiger partial charge is 0.229 e. The fourth-order valence-corrected chi connectivity index (χ4v) is 2.60. The number of amides is 1. The average molecular weight is 238 g/mol. The predicted molar refractivity (Wildman–Crippen MR) is 66.7 cm³/mol. The van der Waals surface area contributed by atoms with Crippen molar-refractivity contribution in [3.05, 3.63) is 11.6 Å².